The summed E-state index contributed by atoms with van der Waals surface area (Å²) in [5, 5.41) is 3.11. The van der Waals surface area contributed by atoms with E-state index >= 15 is 0 Å². The average Bonchev–Trinajstić information content (AvgIpc) is 3.57. The number of amides is 1. The minimum Gasteiger partial charge on any atom is -0.351 e. The lowest BCUT2D eigenvalue weighted by Gasteiger charge is -2.19. The van der Waals surface area contributed by atoms with Crippen LogP contribution in [-0.2, 0) is 0 Å². The van der Waals surface area contributed by atoms with Crippen LogP contribution in [0.2, 0.25) is 0 Å². The van der Waals surface area contributed by atoms with Crippen LogP contribution in [0.3, 0.4) is 0 Å². The Labute approximate surface area is 168 Å². The maximum absolute atomic E-state index is 12.6. The zero-order valence-corrected chi connectivity index (χ0v) is 16.6. The molecule has 0 radical (unpaired) electrons. The third-order valence-corrected chi connectivity index (χ3v) is 7.10. The van der Waals surface area contributed by atoms with Crippen molar-refractivity contribution in [3.63, 3.8) is 0 Å². The summed E-state index contributed by atoms with van der Waals surface area (Å²) in [7, 11) is 0. The van der Waals surface area contributed by atoms with Gasteiger partial charge in [-0.3, -0.25) is 4.79 Å². The summed E-state index contributed by atoms with van der Waals surface area (Å²) in [4.78, 5) is 25.5. The van der Waals surface area contributed by atoms with Crippen molar-refractivity contribution in [2.75, 3.05) is 24.5 Å². The van der Waals surface area contributed by atoms with Crippen molar-refractivity contribution < 1.29 is 4.79 Å². The number of aromatic nitrogens is 2. The number of anilines is 1. The fourth-order valence-corrected chi connectivity index (χ4v) is 5.44. The van der Waals surface area contributed by atoms with Gasteiger partial charge in [-0.05, 0) is 48.8 Å². The predicted octanol–water partition coefficient (Wildman–Crippen LogP) is 3.17. The third kappa shape index (κ3) is 3.31. The van der Waals surface area contributed by atoms with Gasteiger partial charge in [0.25, 0.3) is 5.91 Å². The van der Waals surface area contributed by atoms with Gasteiger partial charge in [-0.1, -0.05) is 24.0 Å². The molecule has 0 bridgehead atoms. The Morgan fingerprint density at radius 1 is 1.32 bits per heavy atom. The summed E-state index contributed by atoms with van der Waals surface area (Å²) in [6.45, 7) is 4.81. The highest BCUT2D eigenvalue weighted by Gasteiger charge is 2.55. The predicted molar refractivity (Wildman–Crippen MR) is 111 cm³/mol. The number of carbonyl (C=O) groups excluding carboxylic acids is 1. The fourth-order valence-electron chi connectivity index (χ4n) is 4.37. The second-order valence-electron chi connectivity index (χ2n) is 7.64. The average molecular weight is 391 g/mol. The molecule has 3 heterocycles. The van der Waals surface area contributed by atoms with E-state index in [-0.39, 0.29) is 11.8 Å². The van der Waals surface area contributed by atoms with Crippen LogP contribution in [0.25, 0.3) is 6.08 Å². The smallest absolute Gasteiger partial charge is 0.261 e. The molecule has 2 aliphatic carbocycles. The first-order valence-corrected chi connectivity index (χ1v) is 10.6. The van der Waals surface area contributed by atoms with Crippen molar-refractivity contribution in [2.45, 2.75) is 19.3 Å². The monoisotopic (exact) mass is 390 g/mol. The van der Waals surface area contributed by atoms with Gasteiger partial charge in [0.05, 0.1) is 4.88 Å². The summed E-state index contributed by atoms with van der Waals surface area (Å²) < 4.78 is 0. The number of hydrogen-bond donors (Lipinski definition) is 1. The second-order valence-corrected chi connectivity index (χ2v) is 8.73. The van der Waals surface area contributed by atoms with Crippen LogP contribution in [0.5, 0.6) is 0 Å². The number of carbonyl (C=O) groups is 1. The van der Waals surface area contributed by atoms with E-state index in [0.29, 0.717) is 0 Å². The molecule has 142 valence electrons. The Kier molecular flexibility index (Phi) is 4.40. The maximum atomic E-state index is 12.6. The van der Waals surface area contributed by atoms with Crippen molar-refractivity contribution in [1.82, 2.24) is 15.3 Å². The van der Waals surface area contributed by atoms with E-state index in [1.54, 1.807) is 23.7 Å². The van der Waals surface area contributed by atoms with Gasteiger partial charge in [0.15, 0.2) is 0 Å². The van der Waals surface area contributed by atoms with Crippen molar-refractivity contribution in [1.29, 1.82) is 0 Å². The van der Waals surface area contributed by atoms with Gasteiger partial charge in [0.2, 0.25) is 5.95 Å². The molecule has 2 aromatic rings. The van der Waals surface area contributed by atoms with Crippen molar-refractivity contribution in [3.8, 4) is 11.8 Å². The molecule has 2 fully saturated rings. The molecule has 5 nitrogen and oxygen atoms in total. The van der Waals surface area contributed by atoms with Gasteiger partial charge in [0, 0.05) is 36.9 Å². The number of piperidine rings is 1. The van der Waals surface area contributed by atoms with Gasteiger partial charge < -0.3 is 10.2 Å². The zero-order chi connectivity index (χ0) is 19.1. The normalized spacial score (nSPS) is 24.8. The molecule has 0 spiro atoms. The lowest BCUT2D eigenvalue weighted by Crippen LogP contribution is -2.28. The van der Waals surface area contributed by atoms with Crippen LogP contribution in [0.15, 0.2) is 30.6 Å². The highest BCUT2D eigenvalue weighted by Crippen LogP contribution is 2.53. The second kappa shape index (κ2) is 7.06. The topological polar surface area (TPSA) is 58.1 Å². The highest BCUT2D eigenvalue weighted by atomic mass is 32.1. The number of hydrogen-bond acceptors (Lipinski definition) is 5. The number of nitrogens with one attached hydrogen (secondary N) is 1. The van der Waals surface area contributed by atoms with Crippen LogP contribution in [0.1, 0.15) is 39.4 Å². The quantitative estimate of drug-likeness (QED) is 0.738. The molecule has 0 aromatic carbocycles. The highest BCUT2D eigenvalue weighted by molar-refractivity contribution is 7.14. The number of nitrogens with zero attached hydrogens (tertiary/aromatic N) is 3. The Bertz CT molecular complexity index is 967. The fraction of sp³-hybridized carbons (Fsp3) is 0.409. The Morgan fingerprint density at radius 3 is 2.75 bits per heavy atom. The Hall–Kier alpha value is -2.65. The van der Waals surface area contributed by atoms with E-state index in [1.807, 2.05) is 25.1 Å². The molecule has 3 aliphatic rings. The number of rotatable bonds is 7. The molecular weight excluding hydrogens is 368 g/mol. The van der Waals surface area contributed by atoms with Crippen LogP contribution < -0.4 is 10.2 Å². The van der Waals surface area contributed by atoms with Gasteiger partial charge in [0.1, 0.15) is 5.92 Å². The molecule has 28 heavy (non-hydrogen) atoms. The molecule has 2 aromatic heterocycles. The van der Waals surface area contributed by atoms with Gasteiger partial charge >= 0.3 is 0 Å². The first-order chi connectivity index (χ1) is 13.7. The maximum Gasteiger partial charge on any atom is 0.261 e. The number of allylic oxidation sites excluding steroid dienone is 1. The molecule has 1 saturated heterocycles. The first-order valence-electron chi connectivity index (χ1n) is 9.82. The van der Waals surface area contributed by atoms with Gasteiger partial charge in [-0.15, -0.1) is 11.3 Å². The van der Waals surface area contributed by atoms with E-state index in [0.717, 1.165) is 60.2 Å². The van der Waals surface area contributed by atoms with E-state index in [9.17, 15) is 4.79 Å². The molecule has 1 aliphatic heterocycles. The van der Waals surface area contributed by atoms with E-state index in [2.05, 4.69) is 38.1 Å². The molecule has 1 N–H and O–H groups in total. The van der Waals surface area contributed by atoms with Crippen LogP contribution >= 0.6 is 11.3 Å². The molecule has 5 rings (SSSR count). The number of thiophene rings is 1. The first kappa shape index (κ1) is 17.4. The summed E-state index contributed by atoms with van der Waals surface area (Å²) in [6.07, 6.45) is 8.71. The minimum atomic E-state index is 0.0350. The molecule has 6 heteroatoms. The van der Waals surface area contributed by atoms with Crippen molar-refractivity contribution in [3.05, 3.63) is 45.9 Å². The van der Waals surface area contributed by atoms with Crippen LogP contribution in [0, 0.1) is 29.6 Å². The van der Waals surface area contributed by atoms with Gasteiger partial charge in [-0.2, -0.15) is 0 Å². The zero-order valence-electron chi connectivity index (χ0n) is 15.8. The van der Waals surface area contributed by atoms with Crippen LogP contribution in [-0.4, -0.2) is 35.5 Å². The summed E-state index contributed by atoms with van der Waals surface area (Å²) in [5.74, 6) is 9.40. The SMILES string of the molecule is C/C=C\c1cc(C(=O)NCCC2[C@H]3CN(c4ncccn4)C[C@@H]23)sc1C1C#C1. The van der Waals surface area contributed by atoms with Crippen molar-refractivity contribution in [2.24, 2.45) is 17.8 Å². The largest absolute Gasteiger partial charge is 0.351 e. The Balaban J connectivity index is 1.10. The molecule has 3 atom stereocenters. The molecule has 1 amide bonds. The summed E-state index contributed by atoms with van der Waals surface area (Å²) in [6, 6.07) is 3.84. The van der Waals surface area contributed by atoms with Crippen LogP contribution in [0.4, 0.5) is 5.95 Å². The lowest BCUT2D eigenvalue weighted by molar-refractivity contribution is 0.0956. The van der Waals surface area contributed by atoms with Crippen molar-refractivity contribution >= 4 is 29.3 Å². The van der Waals surface area contributed by atoms with E-state index in [1.165, 1.54) is 4.88 Å². The summed E-state index contributed by atoms with van der Waals surface area (Å²) in [5.41, 5.74) is 1.11. The molecular formula is C22H22N4OS. The van der Waals surface area contributed by atoms with Gasteiger partial charge in [-0.25, -0.2) is 9.97 Å². The third-order valence-electron chi connectivity index (χ3n) is 5.88. The standard InChI is InChI=1S/C22H22N4OS/c1-2-4-15-11-19(28-20(15)14-5-6-14)21(27)23-10-7-16-17-12-26(13-18(16)17)22-24-8-3-9-25-22/h2-4,8-9,11,14,16-18H,7,10,12-13H2,1H3,(H,23,27)/b4-2-/t16?,17-,18+. The lowest BCUT2D eigenvalue weighted by atomic mass is 10.1. The van der Waals surface area contributed by atoms with E-state index < -0.39 is 0 Å². The minimum absolute atomic E-state index is 0.0350. The molecule has 1 saturated carbocycles. The summed E-state index contributed by atoms with van der Waals surface area (Å²) >= 11 is 1.56. The molecule has 1 unspecified atom stereocenters. The number of fused-ring (bicyclic) bond motifs is 1. The Morgan fingerprint density at radius 2 is 2.07 bits per heavy atom. The van der Waals surface area contributed by atoms with E-state index in [4.69, 9.17) is 0 Å².